The van der Waals surface area contributed by atoms with E-state index in [1.807, 2.05) is 24.3 Å². The third kappa shape index (κ3) is 4.54. The monoisotopic (exact) mass is 416 g/mol. The Bertz CT molecular complexity index is 632. The molecule has 21 heavy (non-hydrogen) atoms. The number of aromatic nitrogens is 2. The molecule has 2 rings (SSSR count). The zero-order chi connectivity index (χ0) is 15.4. The van der Waals surface area contributed by atoms with E-state index in [-0.39, 0.29) is 0 Å². The van der Waals surface area contributed by atoms with Gasteiger partial charge in [0.2, 0.25) is 0 Å². The maximum absolute atomic E-state index is 6.24. The van der Waals surface area contributed by atoms with Crippen molar-refractivity contribution in [1.29, 1.82) is 0 Å². The summed E-state index contributed by atoms with van der Waals surface area (Å²) >= 11 is 8.46. The van der Waals surface area contributed by atoms with E-state index in [9.17, 15) is 0 Å². The summed E-state index contributed by atoms with van der Waals surface area (Å²) in [6.07, 6.45) is 1.56. The van der Waals surface area contributed by atoms with Crippen LogP contribution in [0.2, 0.25) is 5.15 Å². The van der Waals surface area contributed by atoms with Crippen LogP contribution >= 0.6 is 34.2 Å². The van der Waals surface area contributed by atoms with Crippen LogP contribution in [0.3, 0.4) is 0 Å². The van der Waals surface area contributed by atoms with Gasteiger partial charge in [0.05, 0.1) is 16.4 Å². The van der Waals surface area contributed by atoms with Gasteiger partial charge in [-0.15, -0.1) is 0 Å². The van der Waals surface area contributed by atoms with Gasteiger partial charge in [-0.25, -0.2) is 9.97 Å². The highest BCUT2D eigenvalue weighted by Gasteiger charge is 2.12. The van der Waals surface area contributed by atoms with E-state index in [1.54, 1.807) is 7.11 Å². The average molecular weight is 417 g/mol. The number of benzene rings is 1. The fraction of sp³-hybridized carbons (Fsp3) is 0.375. The lowest BCUT2D eigenvalue weighted by Crippen LogP contribution is -2.07. The van der Waals surface area contributed by atoms with Crippen molar-refractivity contribution in [3.8, 4) is 5.75 Å². The predicted octanol–water partition coefficient (Wildman–Crippen LogP) is 4.53. The van der Waals surface area contributed by atoms with Gasteiger partial charge in [0, 0.05) is 6.42 Å². The third-order valence-corrected chi connectivity index (χ3v) is 4.75. The van der Waals surface area contributed by atoms with E-state index in [2.05, 4.69) is 46.4 Å². The number of nitrogens with zero attached hydrogens (tertiary/aromatic N) is 2. The predicted molar refractivity (Wildman–Crippen MR) is 94.1 cm³/mol. The molecule has 0 fully saturated rings. The van der Waals surface area contributed by atoms with E-state index in [4.69, 9.17) is 16.3 Å². The van der Waals surface area contributed by atoms with Crippen LogP contribution in [0.5, 0.6) is 5.75 Å². The Morgan fingerprint density at radius 2 is 2.05 bits per heavy atom. The SMILES string of the molecule is COc1cccc(Cc2nc(Cl)c(I)c(CC(C)C)n2)c1. The molecule has 5 heteroatoms. The van der Waals surface area contributed by atoms with Gasteiger partial charge in [0.25, 0.3) is 0 Å². The molecule has 0 radical (unpaired) electrons. The Labute approximate surface area is 144 Å². The molecule has 0 aliphatic rings. The van der Waals surface area contributed by atoms with Gasteiger partial charge in [0.15, 0.2) is 0 Å². The maximum Gasteiger partial charge on any atom is 0.146 e. The summed E-state index contributed by atoms with van der Waals surface area (Å²) in [5, 5.41) is 0.541. The lowest BCUT2D eigenvalue weighted by molar-refractivity contribution is 0.414. The van der Waals surface area contributed by atoms with Crippen LogP contribution in [-0.4, -0.2) is 17.1 Å². The summed E-state index contributed by atoms with van der Waals surface area (Å²) in [5.41, 5.74) is 2.14. The minimum Gasteiger partial charge on any atom is -0.497 e. The molecule has 0 aliphatic carbocycles. The van der Waals surface area contributed by atoms with Gasteiger partial charge in [-0.05, 0) is 52.6 Å². The van der Waals surface area contributed by atoms with Crippen molar-refractivity contribution in [3.63, 3.8) is 0 Å². The fourth-order valence-corrected chi connectivity index (χ4v) is 2.75. The first-order valence-corrected chi connectivity index (χ1v) is 8.29. The molecule has 1 aromatic heterocycles. The fourth-order valence-electron chi connectivity index (χ4n) is 2.08. The third-order valence-electron chi connectivity index (χ3n) is 3.02. The van der Waals surface area contributed by atoms with E-state index >= 15 is 0 Å². The normalized spacial score (nSPS) is 11.0. The Morgan fingerprint density at radius 1 is 1.29 bits per heavy atom. The van der Waals surface area contributed by atoms with Gasteiger partial charge >= 0.3 is 0 Å². The summed E-state index contributed by atoms with van der Waals surface area (Å²) in [7, 11) is 1.66. The highest BCUT2D eigenvalue weighted by atomic mass is 127. The Balaban J connectivity index is 2.29. The zero-order valence-corrected chi connectivity index (χ0v) is 15.3. The highest BCUT2D eigenvalue weighted by molar-refractivity contribution is 14.1. The standard InChI is InChI=1S/C16H18ClIN2O/c1-10(2)7-13-15(18)16(17)20-14(19-13)9-11-5-4-6-12(8-11)21-3/h4-6,8,10H,7,9H2,1-3H3. The number of hydrogen-bond acceptors (Lipinski definition) is 3. The lowest BCUT2D eigenvalue weighted by atomic mass is 10.1. The van der Waals surface area contributed by atoms with Crippen molar-refractivity contribution >= 4 is 34.2 Å². The van der Waals surface area contributed by atoms with Crippen molar-refractivity contribution in [1.82, 2.24) is 9.97 Å². The largest absolute Gasteiger partial charge is 0.497 e. The van der Waals surface area contributed by atoms with Gasteiger partial charge in [-0.3, -0.25) is 0 Å². The number of hydrogen-bond donors (Lipinski definition) is 0. The molecule has 0 unspecified atom stereocenters. The first-order valence-electron chi connectivity index (χ1n) is 6.83. The molecule has 0 N–H and O–H groups in total. The smallest absolute Gasteiger partial charge is 0.146 e. The molecular formula is C16H18ClIN2O. The molecule has 0 saturated heterocycles. The summed E-state index contributed by atoms with van der Waals surface area (Å²) < 4.78 is 6.20. The Morgan fingerprint density at radius 3 is 2.71 bits per heavy atom. The zero-order valence-electron chi connectivity index (χ0n) is 12.4. The molecule has 112 valence electrons. The molecule has 0 spiro atoms. The molecule has 3 nitrogen and oxygen atoms in total. The Kier molecular flexibility index (Phi) is 5.81. The molecule has 1 aromatic carbocycles. The van der Waals surface area contributed by atoms with Crippen LogP contribution < -0.4 is 4.74 Å². The summed E-state index contributed by atoms with van der Waals surface area (Å²) in [6.45, 7) is 4.35. The van der Waals surface area contributed by atoms with Crippen molar-refractivity contribution in [3.05, 3.63) is 50.1 Å². The topological polar surface area (TPSA) is 35.0 Å². The summed E-state index contributed by atoms with van der Waals surface area (Å²) in [6, 6.07) is 7.93. The second-order valence-electron chi connectivity index (χ2n) is 5.32. The van der Waals surface area contributed by atoms with E-state index in [0.29, 0.717) is 17.5 Å². The van der Waals surface area contributed by atoms with Crippen LogP contribution in [0.1, 0.15) is 30.9 Å². The van der Waals surface area contributed by atoms with Crippen molar-refractivity contribution in [2.24, 2.45) is 5.92 Å². The molecule has 0 aliphatic heterocycles. The minimum atomic E-state index is 0.536. The van der Waals surface area contributed by atoms with Gasteiger partial charge in [0.1, 0.15) is 16.7 Å². The first-order chi connectivity index (χ1) is 9.99. The molecule has 1 heterocycles. The van der Waals surface area contributed by atoms with Crippen molar-refractivity contribution in [2.75, 3.05) is 7.11 Å². The maximum atomic E-state index is 6.24. The molecule has 0 atom stereocenters. The molecular weight excluding hydrogens is 399 g/mol. The number of methoxy groups -OCH3 is 1. The Hall–Kier alpha value is -0.880. The van der Waals surface area contributed by atoms with E-state index in [1.165, 1.54) is 0 Å². The molecule has 2 aromatic rings. The molecule has 0 saturated carbocycles. The van der Waals surface area contributed by atoms with Crippen LogP contribution in [0, 0.1) is 9.49 Å². The summed E-state index contributed by atoms with van der Waals surface area (Å²) in [4.78, 5) is 9.08. The van der Waals surface area contributed by atoms with Crippen molar-refractivity contribution in [2.45, 2.75) is 26.7 Å². The first kappa shape index (κ1) is 16.5. The summed E-state index contributed by atoms with van der Waals surface area (Å²) in [5.74, 6) is 2.13. The van der Waals surface area contributed by atoms with Crippen molar-refractivity contribution < 1.29 is 4.74 Å². The highest BCUT2D eigenvalue weighted by Crippen LogP contribution is 2.23. The van der Waals surface area contributed by atoms with Crippen LogP contribution in [0.4, 0.5) is 0 Å². The van der Waals surface area contributed by atoms with Crippen LogP contribution in [-0.2, 0) is 12.8 Å². The minimum absolute atomic E-state index is 0.536. The van der Waals surface area contributed by atoms with Gasteiger partial charge in [-0.2, -0.15) is 0 Å². The van der Waals surface area contributed by atoms with Crippen LogP contribution in [0.15, 0.2) is 24.3 Å². The van der Waals surface area contributed by atoms with E-state index < -0.39 is 0 Å². The molecule has 0 amide bonds. The average Bonchev–Trinajstić information content (AvgIpc) is 2.44. The number of ether oxygens (including phenoxy) is 1. The molecule has 0 bridgehead atoms. The number of halogens is 2. The van der Waals surface area contributed by atoms with Gasteiger partial charge < -0.3 is 4.74 Å². The second-order valence-corrected chi connectivity index (χ2v) is 6.75. The van der Waals surface area contributed by atoms with Crippen LogP contribution in [0.25, 0.3) is 0 Å². The van der Waals surface area contributed by atoms with E-state index in [0.717, 1.165) is 32.8 Å². The quantitative estimate of drug-likeness (QED) is 0.530. The lowest BCUT2D eigenvalue weighted by Gasteiger charge is -2.10. The number of rotatable bonds is 5. The second kappa shape index (κ2) is 7.40. The van der Waals surface area contributed by atoms with Gasteiger partial charge in [-0.1, -0.05) is 37.6 Å².